The van der Waals surface area contributed by atoms with Gasteiger partial charge in [-0.3, -0.25) is 4.79 Å². The molecule has 14 heavy (non-hydrogen) atoms. The first-order valence-electron chi connectivity index (χ1n) is 5.52. The first-order valence-corrected chi connectivity index (χ1v) is 9.02. The summed E-state index contributed by atoms with van der Waals surface area (Å²) in [6.45, 7) is 6.75. The molecule has 0 bridgehead atoms. The highest BCUT2D eigenvalue weighted by molar-refractivity contribution is 6.83. The molecule has 0 aromatic heterocycles. The summed E-state index contributed by atoms with van der Waals surface area (Å²) in [5, 5.41) is 0. The van der Waals surface area contributed by atoms with Gasteiger partial charge in [-0.1, -0.05) is 19.6 Å². The Bertz CT molecular complexity index is 264. The van der Waals surface area contributed by atoms with Crippen LogP contribution in [-0.2, 0) is 4.79 Å². The van der Waals surface area contributed by atoms with E-state index in [2.05, 4.69) is 31.1 Å². The number of ketones is 1. The highest BCUT2D eigenvalue weighted by Gasteiger charge is 2.23. The van der Waals surface area contributed by atoms with E-state index < -0.39 is 8.07 Å². The molecule has 0 N–H and O–H groups in total. The highest BCUT2D eigenvalue weighted by atomic mass is 28.3. The van der Waals surface area contributed by atoms with Crippen molar-refractivity contribution < 1.29 is 4.79 Å². The molecule has 0 heterocycles. The Morgan fingerprint density at radius 1 is 1.43 bits per heavy atom. The molecule has 1 aliphatic rings. The molecule has 1 aliphatic carbocycles. The first kappa shape index (κ1) is 11.5. The van der Waals surface area contributed by atoms with Gasteiger partial charge in [0.15, 0.2) is 0 Å². The van der Waals surface area contributed by atoms with E-state index in [1.807, 2.05) is 0 Å². The second-order valence-electron chi connectivity index (χ2n) is 5.15. The highest BCUT2D eigenvalue weighted by Crippen LogP contribution is 2.24. The lowest BCUT2D eigenvalue weighted by Crippen LogP contribution is -2.16. The molecule has 0 spiro atoms. The van der Waals surface area contributed by atoms with Crippen LogP contribution in [0.15, 0.2) is 0 Å². The number of hydrogen-bond donors (Lipinski definition) is 0. The van der Waals surface area contributed by atoms with Crippen LogP contribution >= 0.6 is 0 Å². The van der Waals surface area contributed by atoms with Crippen LogP contribution < -0.4 is 0 Å². The van der Waals surface area contributed by atoms with Crippen molar-refractivity contribution in [2.75, 3.05) is 0 Å². The summed E-state index contributed by atoms with van der Waals surface area (Å²) in [6.07, 6.45) is 4.93. The van der Waals surface area contributed by atoms with E-state index in [-0.39, 0.29) is 0 Å². The van der Waals surface area contributed by atoms with Gasteiger partial charge in [0.2, 0.25) is 0 Å². The second kappa shape index (κ2) is 4.79. The molecule has 0 aromatic carbocycles. The Balaban J connectivity index is 2.26. The van der Waals surface area contributed by atoms with Crippen molar-refractivity contribution in [2.45, 2.75) is 51.7 Å². The van der Waals surface area contributed by atoms with Crippen molar-refractivity contribution in [2.24, 2.45) is 5.92 Å². The molecule has 1 unspecified atom stereocenters. The number of carbonyl (C=O) groups is 1. The maximum atomic E-state index is 11.3. The molecule has 0 aliphatic heterocycles. The molecule has 1 saturated carbocycles. The molecule has 0 radical (unpaired) electrons. The summed E-state index contributed by atoms with van der Waals surface area (Å²) >= 11 is 0. The minimum Gasteiger partial charge on any atom is -0.299 e. The summed E-state index contributed by atoms with van der Waals surface area (Å²) < 4.78 is 0. The third-order valence-electron chi connectivity index (χ3n) is 2.51. The maximum absolute atomic E-state index is 11.3. The van der Waals surface area contributed by atoms with Gasteiger partial charge in [-0.15, -0.1) is 11.5 Å². The van der Waals surface area contributed by atoms with Crippen LogP contribution in [0.1, 0.15) is 32.1 Å². The predicted octanol–water partition coefficient (Wildman–Crippen LogP) is 3.02. The summed E-state index contributed by atoms with van der Waals surface area (Å²) in [6, 6.07) is 0. The van der Waals surface area contributed by atoms with Gasteiger partial charge in [0.1, 0.15) is 13.9 Å². The van der Waals surface area contributed by atoms with Crippen molar-refractivity contribution in [1.29, 1.82) is 0 Å². The van der Waals surface area contributed by atoms with Crippen LogP contribution in [0.2, 0.25) is 19.6 Å². The zero-order valence-electron chi connectivity index (χ0n) is 9.52. The lowest BCUT2D eigenvalue weighted by Gasteiger charge is -2.05. The van der Waals surface area contributed by atoms with Gasteiger partial charge in [-0.25, -0.2) is 0 Å². The molecule has 1 atom stereocenters. The van der Waals surface area contributed by atoms with Crippen LogP contribution in [0.4, 0.5) is 0 Å². The summed E-state index contributed by atoms with van der Waals surface area (Å²) in [5.74, 6) is 4.04. The Morgan fingerprint density at radius 3 is 2.64 bits per heavy atom. The summed E-state index contributed by atoms with van der Waals surface area (Å²) in [5.41, 5.74) is 3.34. The third kappa shape index (κ3) is 4.10. The number of rotatable bonds is 2. The van der Waals surface area contributed by atoms with Gasteiger partial charge in [0, 0.05) is 18.8 Å². The van der Waals surface area contributed by atoms with Crippen molar-refractivity contribution in [1.82, 2.24) is 0 Å². The zero-order valence-corrected chi connectivity index (χ0v) is 10.5. The molecule has 0 saturated heterocycles. The molecule has 2 heteroatoms. The maximum Gasteiger partial charge on any atom is 0.136 e. The van der Waals surface area contributed by atoms with E-state index in [1.54, 1.807) is 0 Å². The minimum absolute atomic E-state index is 0.339. The topological polar surface area (TPSA) is 17.1 Å². The fourth-order valence-electron chi connectivity index (χ4n) is 1.77. The quantitative estimate of drug-likeness (QED) is 0.503. The largest absolute Gasteiger partial charge is 0.299 e. The van der Waals surface area contributed by atoms with Crippen LogP contribution in [-0.4, -0.2) is 13.9 Å². The van der Waals surface area contributed by atoms with E-state index in [1.165, 1.54) is 0 Å². The van der Waals surface area contributed by atoms with Crippen LogP contribution in [0.3, 0.4) is 0 Å². The van der Waals surface area contributed by atoms with Crippen molar-refractivity contribution in [3.8, 4) is 11.5 Å². The van der Waals surface area contributed by atoms with Gasteiger partial charge in [0.25, 0.3) is 0 Å². The molecular formula is C12H20OSi. The van der Waals surface area contributed by atoms with Gasteiger partial charge < -0.3 is 0 Å². The van der Waals surface area contributed by atoms with Crippen molar-refractivity contribution in [3.63, 3.8) is 0 Å². The number of Topliss-reactive ketones (excluding diaryl/α,β-unsaturated/α-hetero) is 1. The first-order chi connectivity index (χ1) is 6.49. The molecule has 0 aromatic rings. The van der Waals surface area contributed by atoms with Gasteiger partial charge >= 0.3 is 0 Å². The minimum atomic E-state index is -1.20. The fourth-order valence-corrected chi connectivity index (χ4v) is 2.42. The lowest BCUT2D eigenvalue weighted by atomic mass is 10.0. The average molecular weight is 208 g/mol. The van der Waals surface area contributed by atoms with Crippen LogP contribution in [0.25, 0.3) is 0 Å². The van der Waals surface area contributed by atoms with E-state index in [9.17, 15) is 4.79 Å². The summed E-state index contributed by atoms with van der Waals surface area (Å²) in [4.78, 5) is 11.3. The second-order valence-corrected chi connectivity index (χ2v) is 9.90. The molecule has 1 nitrogen and oxygen atoms in total. The predicted molar refractivity (Wildman–Crippen MR) is 62.7 cm³/mol. The molecular weight excluding hydrogens is 188 g/mol. The van der Waals surface area contributed by atoms with Crippen LogP contribution in [0.5, 0.6) is 0 Å². The standard InChI is InChI=1S/C12H20OSi/c1-14(2,3)10-5-4-7-11-8-6-9-12(11)13/h11H,4,6-9H2,1-3H3. The van der Waals surface area contributed by atoms with Gasteiger partial charge in [-0.05, 0) is 19.3 Å². The molecule has 78 valence electrons. The Morgan fingerprint density at radius 2 is 2.14 bits per heavy atom. The van der Waals surface area contributed by atoms with Crippen molar-refractivity contribution in [3.05, 3.63) is 0 Å². The molecule has 1 rings (SSSR count). The monoisotopic (exact) mass is 208 g/mol. The van der Waals surface area contributed by atoms with E-state index >= 15 is 0 Å². The molecule has 1 fully saturated rings. The Kier molecular flexibility index (Phi) is 3.94. The lowest BCUT2D eigenvalue weighted by molar-refractivity contribution is -0.120. The normalized spacial score (nSPS) is 21.9. The van der Waals surface area contributed by atoms with Gasteiger partial charge in [0.05, 0.1) is 0 Å². The number of carbonyl (C=O) groups excluding carboxylic acids is 1. The number of hydrogen-bond acceptors (Lipinski definition) is 1. The van der Waals surface area contributed by atoms with E-state index in [0.29, 0.717) is 11.7 Å². The Hall–Kier alpha value is -0.553. The SMILES string of the molecule is C[Si](C)(C)C#CCCC1CCCC1=O. The Labute approximate surface area is 88.3 Å². The van der Waals surface area contributed by atoms with E-state index in [0.717, 1.165) is 32.1 Å². The zero-order chi connectivity index (χ0) is 10.6. The fraction of sp³-hybridized carbons (Fsp3) is 0.750. The van der Waals surface area contributed by atoms with Gasteiger partial charge in [-0.2, -0.15) is 0 Å². The average Bonchev–Trinajstić information content (AvgIpc) is 2.44. The van der Waals surface area contributed by atoms with Crippen LogP contribution in [0, 0.1) is 17.4 Å². The third-order valence-corrected chi connectivity index (χ3v) is 3.44. The summed E-state index contributed by atoms with van der Waals surface area (Å²) in [7, 11) is -1.20. The van der Waals surface area contributed by atoms with Crippen molar-refractivity contribution >= 4 is 13.9 Å². The smallest absolute Gasteiger partial charge is 0.136 e. The molecule has 0 amide bonds. The van der Waals surface area contributed by atoms with E-state index in [4.69, 9.17) is 0 Å².